The Morgan fingerprint density at radius 3 is 2.67 bits per heavy atom. The summed E-state index contributed by atoms with van der Waals surface area (Å²) in [6.07, 6.45) is 5.02. The Bertz CT molecular complexity index is 594. The SMILES string of the molecule is CCCCc1ccc(NC(=O)c2cccnc2OC)cc1. The van der Waals surface area contributed by atoms with E-state index in [1.807, 2.05) is 24.3 Å². The van der Waals surface area contributed by atoms with Gasteiger partial charge in [0.2, 0.25) is 5.88 Å². The fourth-order valence-corrected chi connectivity index (χ4v) is 2.06. The summed E-state index contributed by atoms with van der Waals surface area (Å²) in [5, 5.41) is 2.86. The summed E-state index contributed by atoms with van der Waals surface area (Å²) in [4.78, 5) is 16.2. The minimum absolute atomic E-state index is 0.221. The lowest BCUT2D eigenvalue weighted by Gasteiger charge is -2.08. The van der Waals surface area contributed by atoms with E-state index in [4.69, 9.17) is 4.74 Å². The van der Waals surface area contributed by atoms with Crippen LogP contribution in [0.2, 0.25) is 0 Å². The molecule has 1 aromatic carbocycles. The predicted molar refractivity (Wildman–Crippen MR) is 83.8 cm³/mol. The maximum atomic E-state index is 12.2. The van der Waals surface area contributed by atoms with Crippen LogP contribution in [0.4, 0.5) is 5.69 Å². The highest BCUT2D eigenvalue weighted by molar-refractivity contribution is 6.05. The van der Waals surface area contributed by atoms with E-state index in [-0.39, 0.29) is 5.91 Å². The number of aromatic nitrogens is 1. The van der Waals surface area contributed by atoms with E-state index in [1.54, 1.807) is 18.3 Å². The van der Waals surface area contributed by atoms with Gasteiger partial charge in [0.25, 0.3) is 5.91 Å². The van der Waals surface area contributed by atoms with Crippen LogP contribution >= 0.6 is 0 Å². The lowest BCUT2D eigenvalue weighted by molar-refractivity contribution is 0.102. The molecule has 0 aliphatic carbocycles. The van der Waals surface area contributed by atoms with Crippen molar-refractivity contribution in [2.45, 2.75) is 26.2 Å². The van der Waals surface area contributed by atoms with Crippen LogP contribution < -0.4 is 10.1 Å². The van der Waals surface area contributed by atoms with Crippen LogP contribution in [0.3, 0.4) is 0 Å². The first-order valence-electron chi connectivity index (χ1n) is 7.14. The van der Waals surface area contributed by atoms with Gasteiger partial charge in [-0.05, 0) is 42.7 Å². The molecule has 4 heteroatoms. The van der Waals surface area contributed by atoms with E-state index in [0.717, 1.165) is 12.1 Å². The fraction of sp³-hybridized carbons (Fsp3) is 0.294. The Morgan fingerprint density at radius 1 is 1.24 bits per heavy atom. The Kier molecular flexibility index (Phi) is 5.32. The molecule has 21 heavy (non-hydrogen) atoms. The molecular formula is C17H20N2O2. The van der Waals surface area contributed by atoms with Gasteiger partial charge in [-0.2, -0.15) is 0 Å². The summed E-state index contributed by atoms with van der Waals surface area (Å²) in [7, 11) is 1.50. The maximum absolute atomic E-state index is 12.2. The number of aryl methyl sites for hydroxylation is 1. The van der Waals surface area contributed by atoms with Crippen molar-refractivity contribution in [3.05, 3.63) is 53.7 Å². The van der Waals surface area contributed by atoms with E-state index < -0.39 is 0 Å². The normalized spacial score (nSPS) is 10.2. The molecule has 0 aliphatic rings. The van der Waals surface area contributed by atoms with Crippen molar-refractivity contribution in [3.8, 4) is 5.88 Å². The first-order valence-corrected chi connectivity index (χ1v) is 7.14. The minimum Gasteiger partial charge on any atom is -0.480 e. The van der Waals surface area contributed by atoms with E-state index in [2.05, 4.69) is 17.2 Å². The first-order chi connectivity index (χ1) is 10.2. The Morgan fingerprint density at radius 2 is 2.00 bits per heavy atom. The summed E-state index contributed by atoms with van der Waals surface area (Å²) in [6.45, 7) is 2.18. The molecule has 4 nitrogen and oxygen atoms in total. The van der Waals surface area contributed by atoms with E-state index >= 15 is 0 Å². The second kappa shape index (κ2) is 7.43. The molecule has 0 atom stereocenters. The zero-order valence-corrected chi connectivity index (χ0v) is 12.4. The molecule has 2 rings (SSSR count). The van der Waals surface area contributed by atoms with Gasteiger partial charge in [0.1, 0.15) is 5.56 Å². The number of nitrogens with one attached hydrogen (secondary N) is 1. The number of unbranched alkanes of at least 4 members (excludes halogenated alkanes) is 1. The smallest absolute Gasteiger partial charge is 0.261 e. The van der Waals surface area contributed by atoms with Crippen LogP contribution in [-0.2, 0) is 6.42 Å². The van der Waals surface area contributed by atoms with Crippen molar-refractivity contribution in [1.82, 2.24) is 4.98 Å². The lowest BCUT2D eigenvalue weighted by atomic mass is 10.1. The van der Waals surface area contributed by atoms with Crippen LogP contribution in [0.1, 0.15) is 35.7 Å². The molecule has 0 saturated carbocycles. The van der Waals surface area contributed by atoms with Crippen molar-refractivity contribution in [3.63, 3.8) is 0 Å². The average molecular weight is 284 g/mol. The van der Waals surface area contributed by atoms with Gasteiger partial charge in [-0.25, -0.2) is 4.98 Å². The Hall–Kier alpha value is -2.36. The maximum Gasteiger partial charge on any atom is 0.261 e. The molecule has 1 aromatic heterocycles. The number of hydrogen-bond donors (Lipinski definition) is 1. The zero-order valence-electron chi connectivity index (χ0n) is 12.4. The number of carbonyl (C=O) groups excluding carboxylic acids is 1. The first kappa shape index (κ1) is 15.0. The number of pyridine rings is 1. The third kappa shape index (κ3) is 4.05. The van der Waals surface area contributed by atoms with E-state index in [9.17, 15) is 4.79 Å². The number of carbonyl (C=O) groups is 1. The van der Waals surface area contributed by atoms with Gasteiger partial charge in [0.05, 0.1) is 7.11 Å². The highest BCUT2D eigenvalue weighted by Crippen LogP contribution is 2.17. The molecule has 0 saturated heterocycles. The lowest BCUT2D eigenvalue weighted by Crippen LogP contribution is -2.13. The average Bonchev–Trinajstić information content (AvgIpc) is 2.54. The molecule has 0 spiro atoms. The van der Waals surface area contributed by atoms with Crippen molar-refractivity contribution in [2.24, 2.45) is 0 Å². The molecule has 110 valence electrons. The van der Waals surface area contributed by atoms with Crippen LogP contribution in [-0.4, -0.2) is 18.0 Å². The summed E-state index contributed by atoms with van der Waals surface area (Å²) < 4.78 is 5.10. The quantitative estimate of drug-likeness (QED) is 0.880. The van der Waals surface area contributed by atoms with Gasteiger partial charge in [0, 0.05) is 11.9 Å². The third-order valence-corrected chi connectivity index (χ3v) is 3.24. The molecule has 1 amide bonds. The second-order valence-corrected chi connectivity index (χ2v) is 4.81. The predicted octanol–water partition coefficient (Wildman–Crippen LogP) is 3.69. The molecule has 2 aromatic rings. The Labute approximate surface area is 125 Å². The zero-order chi connectivity index (χ0) is 15.1. The number of hydrogen-bond acceptors (Lipinski definition) is 3. The molecule has 0 radical (unpaired) electrons. The standard InChI is InChI=1S/C17H20N2O2/c1-3-4-6-13-8-10-14(11-9-13)19-16(20)15-7-5-12-18-17(15)21-2/h5,7-12H,3-4,6H2,1-2H3,(H,19,20). The molecule has 1 heterocycles. The summed E-state index contributed by atoms with van der Waals surface area (Å²) >= 11 is 0. The van der Waals surface area contributed by atoms with Crippen LogP contribution in [0, 0.1) is 0 Å². The van der Waals surface area contributed by atoms with Crippen LogP contribution in [0.15, 0.2) is 42.6 Å². The van der Waals surface area contributed by atoms with Gasteiger partial charge in [0.15, 0.2) is 0 Å². The van der Waals surface area contributed by atoms with Crippen molar-refractivity contribution in [2.75, 3.05) is 12.4 Å². The number of methoxy groups -OCH3 is 1. The van der Waals surface area contributed by atoms with Gasteiger partial charge >= 0.3 is 0 Å². The fourth-order valence-electron chi connectivity index (χ4n) is 2.06. The van der Waals surface area contributed by atoms with E-state index in [1.165, 1.54) is 25.5 Å². The molecule has 0 fully saturated rings. The summed E-state index contributed by atoms with van der Waals surface area (Å²) in [5.74, 6) is 0.107. The second-order valence-electron chi connectivity index (χ2n) is 4.81. The highest BCUT2D eigenvalue weighted by Gasteiger charge is 2.12. The monoisotopic (exact) mass is 284 g/mol. The number of ether oxygens (including phenoxy) is 1. The number of rotatable bonds is 6. The minimum atomic E-state index is -0.221. The summed E-state index contributed by atoms with van der Waals surface area (Å²) in [6, 6.07) is 11.3. The molecule has 1 N–H and O–H groups in total. The van der Waals surface area contributed by atoms with Gasteiger partial charge < -0.3 is 10.1 Å². The van der Waals surface area contributed by atoms with Crippen molar-refractivity contribution < 1.29 is 9.53 Å². The number of anilines is 1. The third-order valence-electron chi connectivity index (χ3n) is 3.24. The molecule has 0 unspecified atom stereocenters. The largest absolute Gasteiger partial charge is 0.480 e. The number of benzene rings is 1. The topological polar surface area (TPSA) is 51.2 Å². The van der Waals surface area contributed by atoms with E-state index in [0.29, 0.717) is 11.4 Å². The van der Waals surface area contributed by atoms with Crippen molar-refractivity contribution in [1.29, 1.82) is 0 Å². The number of nitrogens with zero attached hydrogens (tertiary/aromatic N) is 1. The van der Waals surface area contributed by atoms with Gasteiger partial charge in [-0.3, -0.25) is 4.79 Å². The van der Waals surface area contributed by atoms with Crippen LogP contribution in [0.5, 0.6) is 5.88 Å². The van der Waals surface area contributed by atoms with Gasteiger partial charge in [-0.15, -0.1) is 0 Å². The summed E-state index contributed by atoms with van der Waals surface area (Å²) in [5.41, 5.74) is 2.48. The highest BCUT2D eigenvalue weighted by atomic mass is 16.5. The molecule has 0 aliphatic heterocycles. The van der Waals surface area contributed by atoms with Gasteiger partial charge in [-0.1, -0.05) is 25.5 Å². The number of amides is 1. The Balaban J connectivity index is 2.05. The van der Waals surface area contributed by atoms with Crippen LogP contribution in [0.25, 0.3) is 0 Å². The molecular weight excluding hydrogens is 264 g/mol. The molecule has 0 bridgehead atoms. The van der Waals surface area contributed by atoms with Crippen molar-refractivity contribution >= 4 is 11.6 Å².